The van der Waals surface area contributed by atoms with Crippen LogP contribution in [0.15, 0.2) is 0 Å². The van der Waals surface area contributed by atoms with Crippen LogP contribution in [0.1, 0.15) is 0 Å². The first-order valence-corrected chi connectivity index (χ1v) is 2.74. The molecule has 0 saturated heterocycles. The molecule has 1 atom stereocenters. The summed E-state index contributed by atoms with van der Waals surface area (Å²) in [6.45, 7) is -2.54. The highest BCUT2D eigenvalue weighted by Crippen LogP contribution is 1.75. The van der Waals surface area contributed by atoms with Gasteiger partial charge in [-0.2, -0.15) is 0 Å². The van der Waals surface area contributed by atoms with E-state index < -0.39 is 6.80 Å². The van der Waals surface area contributed by atoms with Crippen LogP contribution in [0.5, 0.6) is 0 Å². The lowest BCUT2D eigenvalue weighted by molar-refractivity contribution is -0.156. The van der Waals surface area contributed by atoms with Gasteiger partial charge < -0.3 is 4.89 Å². The predicted octanol–water partition coefficient (Wildman–Crippen LogP) is -0.449. The summed E-state index contributed by atoms with van der Waals surface area (Å²) < 4.78 is 8.85. The van der Waals surface area contributed by atoms with E-state index in [2.05, 4.69) is 11.8 Å². The zero-order chi connectivity index (χ0) is 3.58. The molecular formula is O2PS-. The molecule has 0 spiro atoms. The molecular weight excluding hydrogens is 95.0 g/mol. The maximum absolute atomic E-state index is 8.85. The highest BCUT2D eigenvalue weighted by molar-refractivity contribution is 7.96. The second-order valence-electron chi connectivity index (χ2n) is 0.224. The standard InChI is InChI=1S/HO2PS/c1-3(2)4/h(H,1,2,4)/p-1. The summed E-state index contributed by atoms with van der Waals surface area (Å²) in [6, 6.07) is 0. The molecule has 0 aliphatic heterocycles. The summed E-state index contributed by atoms with van der Waals surface area (Å²) in [4.78, 5) is 8.85. The Morgan fingerprint density at radius 1 is 2.00 bits per heavy atom. The Morgan fingerprint density at radius 3 is 2.00 bits per heavy atom. The minimum absolute atomic E-state index is 2.54. The molecule has 0 aliphatic carbocycles. The quantitative estimate of drug-likeness (QED) is 0.382. The molecule has 0 radical (unpaired) electrons. The van der Waals surface area contributed by atoms with Crippen molar-refractivity contribution in [1.29, 1.82) is 0 Å². The Hall–Kier alpha value is 0.280. The van der Waals surface area contributed by atoms with Crippen LogP contribution in [0.4, 0.5) is 0 Å². The number of hydrogen-bond acceptors (Lipinski definition) is 3. The molecule has 24 valence electrons. The van der Waals surface area contributed by atoms with Crippen molar-refractivity contribution >= 4 is 18.6 Å². The van der Waals surface area contributed by atoms with Crippen molar-refractivity contribution in [2.24, 2.45) is 0 Å². The smallest absolute Gasteiger partial charge is 0.0880 e. The lowest BCUT2D eigenvalue weighted by Gasteiger charge is -1.68. The number of rotatable bonds is 0. The van der Waals surface area contributed by atoms with Gasteiger partial charge in [0.25, 0.3) is 0 Å². The Morgan fingerprint density at radius 2 is 2.00 bits per heavy atom. The second-order valence-corrected chi connectivity index (χ2v) is 1.57. The molecule has 0 bridgehead atoms. The predicted molar refractivity (Wildman–Crippen MR) is 15.0 cm³/mol. The molecule has 0 fully saturated rings. The van der Waals surface area contributed by atoms with E-state index in [9.17, 15) is 0 Å². The average molecular weight is 95.0 g/mol. The highest BCUT2D eigenvalue weighted by Gasteiger charge is 1.28. The van der Waals surface area contributed by atoms with Gasteiger partial charge in [-0.15, -0.1) is 0 Å². The Kier molecular flexibility index (Phi) is 1.70. The molecule has 0 rings (SSSR count). The second kappa shape index (κ2) is 1.58. The van der Waals surface area contributed by atoms with Crippen molar-refractivity contribution in [2.75, 3.05) is 0 Å². The van der Waals surface area contributed by atoms with Gasteiger partial charge in [0, 0.05) is 0 Å². The van der Waals surface area contributed by atoms with Crippen LogP contribution in [-0.2, 0) is 16.4 Å². The van der Waals surface area contributed by atoms with Crippen molar-refractivity contribution in [2.45, 2.75) is 0 Å². The molecule has 0 saturated carbocycles. The SMILES string of the molecule is O=P([O-])=S. The van der Waals surface area contributed by atoms with Gasteiger partial charge in [-0.3, -0.25) is 4.57 Å². The lowest BCUT2D eigenvalue weighted by Crippen LogP contribution is -1.70. The first-order chi connectivity index (χ1) is 1.73. The molecule has 0 heterocycles. The molecule has 1 unspecified atom stereocenters. The summed E-state index contributed by atoms with van der Waals surface area (Å²) in [6.07, 6.45) is 0. The van der Waals surface area contributed by atoms with Gasteiger partial charge in [-0.05, 0) is 11.8 Å². The normalized spacial score (nSPS) is 10.8. The zero-order valence-corrected chi connectivity index (χ0v) is 3.38. The van der Waals surface area contributed by atoms with E-state index in [0.29, 0.717) is 0 Å². The van der Waals surface area contributed by atoms with E-state index in [0.717, 1.165) is 0 Å². The van der Waals surface area contributed by atoms with E-state index >= 15 is 0 Å². The zero-order valence-electron chi connectivity index (χ0n) is 1.67. The molecule has 0 aliphatic rings. The van der Waals surface area contributed by atoms with E-state index in [1.165, 1.54) is 0 Å². The van der Waals surface area contributed by atoms with E-state index in [1.54, 1.807) is 0 Å². The fourth-order valence-corrected chi connectivity index (χ4v) is 0. The topological polar surface area (TPSA) is 40.1 Å². The summed E-state index contributed by atoms with van der Waals surface area (Å²) in [5, 5.41) is 0. The van der Waals surface area contributed by atoms with E-state index in [-0.39, 0.29) is 0 Å². The van der Waals surface area contributed by atoms with E-state index in [1.807, 2.05) is 0 Å². The monoisotopic (exact) mass is 94.9 g/mol. The molecule has 0 amide bonds. The Balaban J connectivity index is 3.51. The summed E-state index contributed by atoms with van der Waals surface area (Å²) in [7, 11) is 0. The molecule has 4 heteroatoms. The third kappa shape index (κ3) is 47.6. The van der Waals surface area contributed by atoms with Crippen LogP contribution in [0.25, 0.3) is 0 Å². The van der Waals surface area contributed by atoms with Gasteiger partial charge in [-0.1, -0.05) is 0 Å². The summed E-state index contributed by atoms with van der Waals surface area (Å²) >= 11 is 3.57. The molecule has 2 nitrogen and oxygen atoms in total. The fraction of sp³-hybridized carbons (Fsp3) is 0. The van der Waals surface area contributed by atoms with Crippen molar-refractivity contribution < 1.29 is 9.46 Å². The van der Waals surface area contributed by atoms with Crippen molar-refractivity contribution in [3.8, 4) is 0 Å². The van der Waals surface area contributed by atoms with Gasteiger partial charge in [0.1, 0.15) is 0 Å². The minimum Gasteiger partial charge on any atom is -0.768 e. The van der Waals surface area contributed by atoms with Crippen LogP contribution < -0.4 is 4.89 Å². The lowest BCUT2D eigenvalue weighted by atomic mass is 15.9. The Labute approximate surface area is 29.0 Å². The van der Waals surface area contributed by atoms with Gasteiger partial charge in [0.15, 0.2) is 0 Å². The molecule has 0 aromatic carbocycles. The largest absolute Gasteiger partial charge is 0.768 e. The molecule has 0 aromatic heterocycles. The fourth-order valence-electron chi connectivity index (χ4n) is 0. The third-order valence-corrected chi connectivity index (χ3v) is 0. The maximum atomic E-state index is 8.85. The van der Waals surface area contributed by atoms with Gasteiger partial charge >= 0.3 is 0 Å². The third-order valence-electron chi connectivity index (χ3n) is 0. The highest BCUT2D eigenvalue weighted by atomic mass is 32.4. The van der Waals surface area contributed by atoms with Crippen LogP contribution >= 0.6 is 6.80 Å². The first-order valence-electron chi connectivity index (χ1n) is 0.548. The molecule has 0 N–H and O–H groups in total. The first kappa shape index (κ1) is 4.28. The Bertz CT molecular complexity index is 54.4. The van der Waals surface area contributed by atoms with Crippen molar-refractivity contribution in [3.63, 3.8) is 0 Å². The summed E-state index contributed by atoms with van der Waals surface area (Å²) in [5.74, 6) is 0. The van der Waals surface area contributed by atoms with Gasteiger partial charge in [0.2, 0.25) is 0 Å². The molecule has 4 heavy (non-hydrogen) atoms. The number of hydrogen-bond donors (Lipinski definition) is 0. The summed E-state index contributed by atoms with van der Waals surface area (Å²) in [5.41, 5.74) is 0. The minimum atomic E-state index is -2.54. The van der Waals surface area contributed by atoms with Crippen LogP contribution in [-0.4, -0.2) is 0 Å². The molecule has 0 aromatic rings. The van der Waals surface area contributed by atoms with Crippen molar-refractivity contribution in [3.05, 3.63) is 0 Å². The average Bonchev–Trinajstić information content (AvgIpc) is 0.811. The van der Waals surface area contributed by atoms with Crippen LogP contribution in [0.3, 0.4) is 0 Å². The van der Waals surface area contributed by atoms with Gasteiger partial charge in [-0.25, -0.2) is 0 Å². The maximum Gasteiger partial charge on any atom is 0.0880 e. The van der Waals surface area contributed by atoms with Crippen LogP contribution in [0.2, 0.25) is 0 Å². The van der Waals surface area contributed by atoms with Crippen molar-refractivity contribution in [1.82, 2.24) is 0 Å². The van der Waals surface area contributed by atoms with Gasteiger partial charge in [0.05, 0.1) is 6.80 Å². The van der Waals surface area contributed by atoms with Crippen LogP contribution in [0, 0.1) is 0 Å². The van der Waals surface area contributed by atoms with E-state index in [4.69, 9.17) is 9.46 Å².